The van der Waals surface area contributed by atoms with Gasteiger partial charge in [0, 0.05) is 37.1 Å². The number of fused-ring (bicyclic) bond motifs is 1. The fourth-order valence-corrected chi connectivity index (χ4v) is 3.99. The van der Waals surface area contributed by atoms with E-state index in [1.165, 1.54) is 16.8 Å². The molecule has 3 heteroatoms. The molecule has 0 saturated heterocycles. The monoisotopic (exact) mass is 346 g/mol. The zero-order valence-electron chi connectivity index (χ0n) is 15.3. The normalized spacial score (nSPS) is 17.7. The lowest BCUT2D eigenvalue weighted by Crippen LogP contribution is -2.29. The van der Waals surface area contributed by atoms with Crippen LogP contribution in [0.1, 0.15) is 41.8 Å². The van der Waals surface area contributed by atoms with Crippen LogP contribution < -0.4 is 0 Å². The minimum atomic E-state index is 0.206. The predicted octanol–water partition coefficient (Wildman–Crippen LogP) is 4.75. The number of aromatic hydroxyl groups is 1. The molecular formula is C23H26N2O. The maximum Gasteiger partial charge on any atom is 0.120 e. The maximum absolute atomic E-state index is 10.3. The summed E-state index contributed by atoms with van der Waals surface area (Å²) in [5.41, 5.74) is 5.01. The molecule has 1 aliphatic rings. The Labute approximate surface area is 155 Å². The summed E-state index contributed by atoms with van der Waals surface area (Å²) in [7, 11) is 0. The lowest BCUT2D eigenvalue weighted by molar-refractivity contribution is 0.218. The van der Waals surface area contributed by atoms with Crippen LogP contribution in [0.25, 0.3) is 0 Å². The van der Waals surface area contributed by atoms with E-state index in [0.717, 1.165) is 38.0 Å². The van der Waals surface area contributed by atoms with E-state index in [-0.39, 0.29) is 6.04 Å². The van der Waals surface area contributed by atoms with E-state index in [2.05, 4.69) is 59.0 Å². The molecule has 3 nitrogen and oxygen atoms in total. The van der Waals surface area contributed by atoms with Gasteiger partial charge in [-0.15, -0.1) is 0 Å². The van der Waals surface area contributed by atoms with E-state index >= 15 is 0 Å². The number of hydrogen-bond donors (Lipinski definition) is 1. The molecule has 1 aliphatic heterocycles. The fourth-order valence-electron chi connectivity index (χ4n) is 3.99. The molecule has 0 radical (unpaired) electrons. The van der Waals surface area contributed by atoms with Crippen molar-refractivity contribution in [2.45, 2.75) is 38.9 Å². The van der Waals surface area contributed by atoms with Crippen LogP contribution in [0, 0.1) is 0 Å². The van der Waals surface area contributed by atoms with Crippen LogP contribution in [-0.4, -0.2) is 21.1 Å². The Kier molecular flexibility index (Phi) is 4.81. The molecule has 0 spiro atoms. The van der Waals surface area contributed by atoms with Gasteiger partial charge in [-0.1, -0.05) is 49.4 Å². The predicted molar refractivity (Wildman–Crippen MR) is 105 cm³/mol. The van der Waals surface area contributed by atoms with Crippen molar-refractivity contribution in [2.75, 3.05) is 6.54 Å². The average molecular weight is 346 g/mol. The Morgan fingerprint density at radius 1 is 0.962 bits per heavy atom. The van der Waals surface area contributed by atoms with Gasteiger partial charge in [0.25, 0.3) is 0 Å². The number of para-hydroxylation sites is 1. The quantitative estimate of drug-likeness (QED) is 0.738. The summed E-state index contributed by atoms with van der Waals surface area (Å²) in [6, 6.07) is 21.3. The Morgan fingerprint density at radius 2 is 1.77 bits per heavy atom. The van der Waals surface area contributed by atoms with Gasteiger partial charge in [-0.2, -0.15) is 0 Å². The van der Waals surface area contributed by atoms with Crippen molar-refractivity contribution in [3.05, 3.63) is 89.2 Å². The summed E-state index contributed by atoms with van der Waals surface area (Å²) in [5, 5.41) is 10.3. The highest BCUT2D eigenvalue weighted by atomic mass is 16.3. The molecule has 0 bridgehead atoms. The van der Waals surface area contributed by atoms with E-state index < -0.39 is 0 Å². The first kappa shape index (κ1) is 16.9. The largest absolute Gasteiger partial charge is 0.508 e. The lowest BCUT2D eigenvalue weighted by atomic mass is 9.99. The number of hydrogen-bond acceptors (Lipinski definition) is 2. The van der Waals surface area contributed by atoms with E-state index in [4.69, 9.17) is 0 Å². The zero-order chi connectivity index (χ0) is 17.9. The number of aryl methyl sites for hydroxylation is 2. The number of phenols is 1. The van der Waals surface area contributed by atoms with Gasteiger partial charge in [0.05, 0.1) is 6.04 Å². The molecule has 1 atom stereocenters. The van der Waals surface area contributed by atoms with Crippen molar-refractivity contribution >= 4 is 0 Å². The summed E-state index contributed by atoms with van der Waals surface area (Å²) in [6.07, 6.45) is 4.36. The number of rotatable bonds is 4. The number of benzene rings is 2. The average Bonchev–Trinajstić information content (AvgIpc) is 3.05. The third-order valence-corrected chi connectivity index (χ3v) is 5.42. The van der Waals surface area contributed by atoms with E-state index in [1.54, 1.807) is 6.07 Å². The van der Waals surface area contributed by atoms with Crippen molar-refractivity contribution in [2.24, 2.45) is 0 Å². The molecule has 1 unspecified atom stereocenters. The minimum absolute atomic E-state index is 0.206. The summed E-state index contributed by atoms with van der Waals surface area (Å²) < 4.78 is 2.38. The molecule has 0 saturated carbocycles. The molecule has 3 aromatic rings. The van der Waals surface area contributed by atoms with Crippen molar-refractivity contribution in [3.8, 4) is 5.75 Å². The Hall–Kier alpha value is -2.52. The smallest absolute Gasteiger partial charge is 0.120 e. The number of nitrogens with zero attached hydrogens (tertiary/aromatic N) is 2. The topological polar surface area (TPSA) is 28.4 Å². The molecule has 26 heavy (non-hydrogen) atoms. The molecular weight excluding hydrogens is 320 g/mol. The van der Waals surface area contributed by atoms with E-state index in [1.807, 2.05) is 18.2 Å². The molecule has 1 N–H and O–H groups in total. The van der Waals surface area contributed by atoms with Gasteiger partial charge in [-0.25, -0.2) is 0 Å². The Bertz CT molecular complexity index is 866. The van der Waals surface area contributed by atoms with E-state index in [0.29, 0.717) is 5.75 Å². The minimum Gasteiger partial charge on any atom is -0.508 e. The van der Waals surface area contributed by atoms with Gasteiger partial charge < -0.3 is 9.67 Å². The third kappa shape index (κ3) is 3.27. The van der Waals surface area contributed by atoms with Crippen LogP contribution in [0.4, 0.5) is 0 Å². The summed E-state index contributed by atoms with van der Waals surface area (Å²) in [4.78, 5) is 2.49. The first-order valence-corrected chi connectivity index (χ1v) is 9.51. The van der Waals surface area contributed by atoms with Crippen LogP contribution in [0.3, 0.4) is 0 Å². The van der Waals surface area contributed by atoms with Crippen LogP contribution in [0.5, 0.6) is 5.75 Å². The maximum atomic E-state index is 10.3. The summed E-state index contributed by atoms with van der Waals surface area (Å²) in [5.74, 6) is 0.382. The van der Waals surface area contributed by atoms with Gasteiger partial charge in [0.2, 0.25) is 0 Å². The van der Waals surface area contributed by atoms with Gasteiger partial charge in [0.15, 0.2) is 0 Å². The SMILES string of the molecule is CCc1ccc(C2c3cccn3CCCN2Cc2ccccc2O)cc1. The van der Waals surface area contributed by atoms with E-state index in [9.17, 15) is 5.11 Å². The zero-order valence-corrected chi connectivity index (χ0v) is 15.3. The lowest BCUT2D eigenvalue weighted by Gasteiger charge is -2.31. The molecule has 0 fully saturated rings. The van der Waals surface area contributed by atoms with Crippen LogP contribution in [-0.2, 0) is 19.5 Å². The third-order valence-electron chi connectivity index (χ3n) is 5.42. The summed E-state index contributed by atoms with van der Waals surface area (Å²) in [6.45, 7) is 4.99. The molecule has 0 aliphatic carbocycles. The van der Waals surface area contributed by atoms with Gasteiger partial charge >= 0.3 is 0 Å². The molecule has 4 rings (SSSR count). The molecule has 2 aromatic carbocycles. The van der Waals surface area contributed by atoms with Crippen LogP contribution >= 0.6 is 0 Å². The standard InChI is InChI=1S/C23H26N2O/c1-2-18-10-12-19(13-11-18)23-21-8-5-14-24(21)15-6-16-25(23)17-20-7-3-4-9-22(20)26/h3-5,7-14,23,26H,2,6,15-17H2,1H3. The Morgan fingerprint density at radius 3 is 2.54 bits per heavy atom. The van der Waals surface area contributed by atoms with Crippen molar-refractivity contribution in [1.82, 2.24) is 9.47 Å². The second-order valence-corrected chi connectivity index (χ2v) is 7.08. The van der Waals surface area contributed by atoms with Crippen molar-refractivity contribution in [1.29, 1.82) is 0 Å². The fraction of sp³-hybridized carbons (Fsp3) is 0.304. The summed E-state index contributed by atoms with van der Waals surface area (Å²) >= 11 is 0. The van der Waals surface area contributed by atoms with Gasteiger partial charge in [-0.3, -0.25) is 4.90 Å². The highest BCUT2D eigenvalue weighted by Gasteiger charge is 2.27. The van der Waals surface area contributed by atoms with Gasteiger partial charge in [0.1, 0.15) is 5.75 Å². The Balaban J connectivity index is 1.74. The molecule has 1 aromatic heterocycles. The number of aromatic nitrogens is 1. The van der Waals surface area contributed by atoms with Crippen molar-refractivity contribution < 1.29 is 5.11 Å². The second-order valence-electron chi connectivity index (χ2n) is 7.08. The van der Waals surface area contributed by atoms with Crippen LogP contribution in [0.15, 0.2) is 66.9 Å². The second kappa shape index (κ2) is 7.38. The highest BCUT2D eigenvalue weighted by Crippen LogP contribution is 2.34. The molecule has 2 heterocycles. The molecule has 134 valence electrons. The van der Waals surface area contributed by atoms with Gasteiger partial charge in [-0.05, 0) is 42.2 Å². The molecule has 0 amide bonds. The van der Waals surface area contributed by atoms with Crippen LogP contribution in [0.2, 0.25) is 0 Å². The van der Waals surface area contributed by atoms with Crippen molar-refractivity contribution in [3.63, 3.8) is 0 Å². The first-order valence-electron chi connectivity index (χ1n) is 9.51. The highest BCUT2D eigenvalue weighted by molar-refractivity contribution is 5.35. The number of phenolic OH excluding ortho intramolecular Hbond substituents is 1. The first-order chi connectivity index (χ1) is 12.8.